The molecule has 0 amide bonds. The van der Waals surface area contributed by atoms with E-state index in [1.165, 1.54) is 6.20 Å². The van der Waals surface area contributed by atoms with Crippen LogP contribution in [0.3, 0.4) is 0 Å². The molecule has 0 spiro atoms. The lowest BCUT2D eigenvalue weighted by atomic mass is 10.0. The minimum Gasteiger partial charge on any atom is -0.321 e. The fourth-order valence-electron chi connectivity index (χ4n) is 2.00. The SMILES string of the molecule is CC(C)(NS(=O)(=O)c1ncccc1NN)C1CC1. The second kappa shape index (κ2) is 4.49. The zero-order valence-electron chi connectivity index (χ0n) is 10.5. The molecular weight excluding hydrogens is 252 g/mol. The van der Waals surface area contributed by atoms with Gasteiger partial charge in [-0.15, -0.1) is 0 Å². The first kappa shape index (κ1) is 13.3. The molecule has 6 nitrogen and oxygen atoms in total. The van der Waals surface area contributed by atoms with E-state index < -0.39 is 15.6 Å². The van der Waals surface area contributed by atoms with E-state index in [0.29, 0.717) is 5.92 Å². The van der Waals surface area contributed by atoms with E-state index in [-0.39, 0.29) is 10.7 Å². The highest BCUT2D eigenvalue weighted by Crippen LogP contribution is 2.40. The molecule has 1 aliphatic carbocycles. The fourth-order valence-corrected chi connectivity index (χ4v) is 3.57. The van der Waals surface area contributed by atoms with E-state index >= 15 is 0 Å². The van der Waals surface area contributed by atoms with Crippen LogP contribution in [0.15, 0.2) is 23.4 Å². The lowest BCUT2D eigenvalue weighted by molar-refractivity contribution is 0.400. The zero-order chi connectivity index (χ0) is 13.4. The van der Waals surface area contributed by atoms with Gasteiger partial charge in [-0.1, -0.05) is 0 Å². The molecule has 0 bridgehead atoms. The van der Waals surface area contributed by atoms with Crippen LogP contribution in [0.25, 0.3) is 0 Å². The highest BCUT2D eigenvalue weighted by Gasteiger charge is 2.41. The molecule has 1 saturated carbocycles. The Balaban J connectivity index is 2.30. The number of hydrogen-bond acceptors (Lipinski definition) is 5. The Hall–Kier alpha value is -1.18. The van der Waals surface area contributed by atoms with Crippen molar-refractivity contribution in [2.75, 3.05) is 5.43 Å². The largest absolute Gasteiger partial charge is 0.321 e. The van der Waals surface area contributed by atoms with Crippen LogP contribution >= 0.6 is 0 Å². The Morgan fingerprint density at radius 2 is 2.11 bits per heavy atom. The Morgan fingerprint density at radius 1 is 1.44 bits per heavy atom. The number of aromatic nitrogens is 1. The molecule has 0 atom stereocenters. The summed E-state index contributed by atoms with van der Waals surface area (Å²) in [7, 11) is -3.67. The maximum atomic E-state index is 12.3. The molecule has 4 N–H and O–H groups in total. The maximum absolute atomic E-state index is 12.3. The lowest BCUT2D eigenvalue weighted by Crippen LogP contribution is -2.45. The smallest absolute Gasteiger partial charge is 0.260 e. The standard InChI is InChI=1S/C11H18N4O2S/c1-11(2,8-5-6-8)15-18(16,17)10-9(14-12)4-3-7-13-10/h3-4,7-8,14-15H,5-6,12H2,1-2H3. The number of nitrogen functional groups attached to an aromatic ring is 1. The molecular formula is C11H18N4O2S. The van der Waals surface area contributed by atoms with Crippen molar-refractivity contribution >= 4 is 15.7 Å². The summed E-state index contributed by atoms with van der Waals surface area (Å²) in [6.07, 6.45) is 3.54. The summed E-state index contributed by atoms with van der Waals surface area (Å²) in [5.74, 6) is 5.69. The van der Waals surface area contributed by atoms with Crippen LogP contribution in [0.2, 0.25) is 0 Å². The van der Waals surface area contributed by atoms with Crippen LogP contribution in [-0.2, 0) is 10.0 Å². The summed E-state index contributed by atoms with van der Waals surface area (Å²) < 4.78 is 27.3. The summed E-state index contributed by atoms with van der Waals surface area (Å²) in [6.45, 7) is 3.78. The quantitative estimate of drug-likeness (QED) is 0.544. The maximum Gasteiger partial charge on any atom is 0.260 e. The van der Waals surface area contributed by atoms with Crippen molar-refractivity contribution in [3.8, 4) is 0 Å². The van der Waals surface area contributed by atoms with Crippen LogP contribution in [0.5, 0.6) is 0 Å². The van der Waals surface area contributed by atoms with Crippen molar-refractivity contribution < 1.29 is 8.42 Å². The van der Waals surface area contributed by atoms with Gasteiger partial charge in [0.25, 0.3) is 10.0 Å². The first-order valence-corrected chi connectivity index (χ1v) is 7.31. The van der Waals surface area contributed by atoms with Crippen molar-refractivity contribution in [1.82, 2.24) is 9.71 Å². The Labute approximate surface area is 107 Å². The normalized spacial score (nSPS) is 16.6. The molecule has 1 aromatic heterocycles. The molecule has 1 aliphatic rings. The monoisotopic (exact) mass is 270 g/mol. The van der Waals surface area contributed by atoms with Gasteiger partial charge in [-0.25, -0.2) is 18.1 Å². The molecule has 0 aromatic carbocycles. The number of hydrazine groups is 1. The number of pyridine rings is 1. The van der Waals surface area contributed by atoms with Crippen LogP contribution < -0.4 is 16.0 Å². The van der Waals surface area contributed by atoms with E-state index in [0.717, 1.165) is 12.8 Å². The number of sulfonamides is 1. The van der Waals surface area contributed by atoms with E-state index in [1.807, 2.05) is 13.8 Å². The van der Waals surface area contributed by atoms with Gasteiger partial charge in [0.05, 0.1) is 5.69 Å². The van der Waals surface area contributed by atoms with Crippen molar-refractivity contribution in [1.29, 1.82) is 0 Å². The highest BCUT2D eigenvalue weighted by molar-refractivity contribution is 7.89. The molecule has 1 fully saturated rings. The molecule has 1 heterocycles. The average Bonchev–Trinajstić information content (AvgIpc) is 3.11. The van der Waals surface area contributed by atoms with Gasteiger partial charge in [0, 0.05) is 11.7 Å². The van der Waals surface area contributed by atoms with Crippen LogP contribution in [0, 0.1) is 5.92 Å². The van der Waals surface area contributed by atoms with Gasteiger partial charge >= 0.3 is 0 Å². The summed E-state index contributed by atoms with van der Waals surface area (Å²) in [5, 5.41) is -0.0683. The Morgan fingerprint density at radius 3 is 2.67 bits per heavy atom. The lowest BCUT2D eigenvalue weighted by Gasteiger charge is -2.25. The average molecular weight is 270 g/mol. The fraction of sp³-hybridized carbons (Fsp3) is 0.545. The van der Waals surface area contributed by atoms with Crippen LogP contribution in [-0.4, -0.2) is 18.9 Å². The van der Waals surface area contributed by atoms with E-state index in [2.05, 4.69) is 15.1 Å². The molecule has 2 rings (SSSR count). The summed E-state index contributed by atoms with van der Waals surface area (Å²) in [4.78, 5) is 3.89. The summed E-state index contributed by atoms with van der Waals surface area (Å²) >= 11 is 0. The predicted molar refractivity (Wildman–Crippen MR) is 69.2 cm³/mol. The number of anilines is 1. The van der Waals surface area contributed by atoms with Gasteiger partial charge in [-0.2, -0.15) is 0 Å². The van der Waals surface area contributed by atoms with Crippen molar-refractivity contribution in [3.63, 3.8) is 0 Å². The third-order valence-corrected chi connectivity index (χ3v) is 4.81. The molecule has 0 aliphatic heterocycles. The van der Waals surface area contributed by atoms with Gasteiger partial charge < -0.3 is 5.43 Å². The minimum absolute atomic E-state index is 0.0683. The number of nitrogens with zero attached hydrogens (tertiary/aromatic N) is 1. The molecule has 0 unspecified atom stereocenters. The third-order valence-electron chi connectivity index (χ3n) is 3.18. The number of rotatable bonds is 5. The van der Waals surface area contributed by atoms with Crippen LogP contribution in [0.4, 0.5) is 5.69 Å². The van der Waals surface area contributed by atoms with Crippen molar-refractivity contribution in [3.05, 3.63) is 18.3 Å². The second-order valence-corrected chi connectivity index (χ2v) is 6.70. The Bertz CT molecular complexity index is 538. The van der Waals surface area contributed by atoms with E-state index in [4.69, 9.17) is 5.84 Å². The first-order chi connectivity index (χ1) is 8.37. The predicted octanol–water partition coefficient (Wildman–Crippen LogP) is 0.834. The van der Waals surface area contributed by atoms with Crippen molar-refractivity contribution in [2.45, 2.75) is 37.3 Å². The van der Waals surface area contributed by atoms with Gasteiger partial charge in [-0.05, 0) is 44.7 Å². The van der Waals surface area contributed by atoms with Gasteiger partial charge in [0.1, 0.15) is 0 Å². The van der Waals surface area contributed by atoms with E-state index in [1.54, 1.807) is 12.1 Å². The molecule has 0 radical (unpaired) electrons. The topological polar surface area (TPSA) is 97.1 Å². The zero-order valence-corrected chi connectivity index (χ0v) is 11.3. The minimum atomic E-state index is -3.67. The van der Waals surface area contributed by atoms with Gasteiger partial charge in [0.15, 0.2) is 5.03 Å². The van der Waals surface area contributed by atoms with Gasteiger partial charge in [-0.3, -0.25) is 5.84 Å². The van der Waals surface area contributed by atoms with Crippen molar-refractivity contribution in [2.24, 2.45) is 11.8 Å². The summed E-state index contributed by atoms with van der Waals surface area (Å²) in [6, 6.07) is 3.20. The third kappa shape index (κ3) is 2.63. The second-order valence-electron chi connectivity index (χ2n) is 5.10. The Kier molecular flexibility index (Phi) is 3.31. The van der Waals surface area contributed by atoms with Gasteiger partial charge in [0.2, 0.25) is 0 Å². The molecule has 100 valence electrons. The highest BCUT2D eigenvalue weighted by atomic mass is 32.2. The molecule has 0 saturated heterocycles. The number of hydrogen-bond donors (Lipinski definition) is 3. The first-order valence-electron chi connectivity index (χ1n) is 5.82. The van der Waals surface area contributed by atoms with Crippen LogP contribution in [0.1, 0.15) is 26.7 Å². The number of nitrogens with one attached hydrogen (secondary N) is 2. The molecule has 7 heteroatoms. The molecule has 1 aromatic rings. The summed E-state index contributed by atoms with van der Waals surface area (Å²) in [5.41, 5.74) is 2.18. The number of nitrogens with two attached hydrogens (primary N) is 1. The molecule has 18 heavy (non-hydrogen) atoms. The van der Waals surface area contributed by atoms with E-state index in [9.17, 15) is 8.42 Å².